The van der Waals surface area contributed by atoms with Crippen molar-refractivity contribution in [1.29, 1.82) is 0 Å². The molecule has 2 aromatic carbocycles. The van der Waals surface area contributed by atoms with Gasteiger partial charge in [0, 0.05) is 0 Å². The molecule has 0 aliphatic carbocycles. The molecule has 1 aliphatic heterocycles. The fourth-order valence-electron chi connectivity index (χ4n) is 2.78. The van der Waals surface area contributed by atoms with Gasteiger partial charge in [-0.1, -0.05) is 29.3 Å². The molecule has 0 radical (unpaired) electrons. The maximum absolute atomic E-state index is 12.4. The molecule has 1 aliphatic rings. The number of carboxylic acids is 1. The van der Waals surface area contributed by atoms with Crippen LogP contribution in [-0.2, 0) is 16.2 Å². The minimum Gasteiger partial charge on any atom is -0.490 e. The second-order valence-electron chi connectivity index (χ2n) is 6.46. The number of thioether (sulfide) groups is 1. The van der Waals surface area contributed by atoms with Gasteiger partial charge in [0.25, 0.3) is 11.1 Å². The molecule has 3 rings (SSSR count). The first kappa shape index (κ1) is 24.4. The van der Waals surface area contributed by atoms with Crippen molar-refractivity contribution >= 4 is 74.1 Å². The van der Waals surface area contributed by atoms with E-state index in [1.807, 2.05) is 6.92 Å². The lowest BCUT2D eigenvalue weighted by Crippen LogP contribution is -2.33. The van der Waals surface area contributed by atoms with Crippen LogP contribution in [0.5, 0.6) is 11.5 Å². The Labute approximate surface area is 206 Å². The summed E-state index contributed by atoms with van der Waals surface area (Å²) in [6.07, 6.45) is 1.50. The molecule has 2 amide bonds. The first-order valence-corrected chi connectivity index (χ1v) is 11.6. The van der Waals surface area contributed by atoms with E-state index in [4.69, 9.17) is 37.8 Å². The van der Waals surface area contributed by atoms with E-state index in [2.05, 4.69) is 15.9 Å². The monoisotopic (exact) mass is 559 g/mol. The number of carboxylic acid groups (broad SMARTS) is 1. The fourth-order valence-corrected chi connectivity index (χ4v) is 4.52. The van der Waals surface area contributed by atoms with Crippen molar-refractivity contribution < 1.29 is 29.0 Å². The van der Waals surface area contributed by atoms with E-state index in [0.717, 1.165) is 5.56 Å². The molecule has 0 spiro atoms. The Balaban J connectivity index is 1.86. The zero-order valence-electron chi connectivity index (χ0n) is 16.6. The number of hydrogen-bond donors (Lipinski definition) is 1. The average molecular weight is 561 g/mol. The van der Waals surface area contributed by atoms with Gasteiger partial charge in [0.05, 0.1) is 26.0 Å². The van der Waals surface area contributed by atoms with Crippen LogP contribution in [0.3, 0.4) is 0 Å². The van der Waals surface area contributed by atoms with Gasteiger partial charge in [-0.25, -0.2) is 0 Å². The molecule has 1 fully saturated rings. The number of carbonyl (C=O) groups excluding carboxylic acids is 2. The number of amides is 2. The lowest BCUT2D eigenvalue weighted by Gasteiger charge is -2.15. The summed E-state index contributed by atoms with van der Waals surface area (Å²) in [5, 5.41) is 9.12. The summed E-state index contributed by atoms with van der Waals surface area (Å²) in [4.78, 5) is 36.1. The Hall–Kier alpha value is -2.20. The van der Waals surface area contributed by atoms with E-state index in [-0.39, 0.29) is 11.5 Å². The van der Waals surface area contributed by atoms with E-state index in [0.29, 0.717) is 54.8 Å². The molecule has 168 valence electrons. The molecular weight excluding hydrogens is 545 g/mol. The van der Waals surface area contributed by atoms with Gasteiger partial charge in [0.2, 0.25) is 0 Å². The quantitative estimate of drug-likeness (QED) is 0.404. The van der Waals surface area contributed by atoms with Crippen LogP contribution in [-0.4, -0.2) is 40.3 Å². The molecule has 1 heterocycles. The summed E-state index contributed by atoms with van der Waals surface area (Å²) < 4.78 is 12.2. The molecule has 2 aromatic rings. The van der Waals surface area contributed by atoms with Crippen molar-refractivity contribution in [3.8, 4) is 11.5 Å². The molecule has 1 saturated heterocycles. The van der Waals surface area contributed by atoms with Gasteiger partial charge in [-0.05, 0) is 76.1 Å². The molecule has 0 saturated carbocycles. The number of carbonyl (C=O) groups is 3. The molecule has 0 unspecified atom stereocenters. The van der Waals surface area contributed by atoms with Crippen molar-refractivity contribution in [2.75, 3.05) is 13.2 Å². The van der Waals surface area contributed by atoms with Crippen molar-refractivity contribution in [2.45, 2.75) is 13.5 Å². The number of ether oxygens (including phenoxy) is 2. The first-order valence-electron chi connectivity index (χ1n) is 9.19. The van der Waals surface area contributed by atoms with Crippen molar-refractivity contribution in [2.24, 2.45) is 0 Å². The van der Waals surface area contributed by atoms with Crippen LogP contribution in [0.15, 0.2) is 39.7 Å². The Kier molecular flexibility index (Phi) is 8.10. The van der Waals surface area contributed by atoms with Crippen LogP contribution in [0, 0.1) is 0 Å². The number of nitrogens with zero attached hydrogens (tertiary/aromatic N) is 1. The number of hydrogen-bond acceptors (Lipinski definition) is 6. The molecule has 32 heavy (non-hydrogen) atoms. The molecule has 11 heteroatoms. The van der Waals surface area contributed by atoms with E-state index in [1.165, 1.54) is 6.08 Å². The standard InChI is InChI=1S/C21H16BrCl2NO6S/c1-2-30-16-7-12(8-17-20(28)25(9-18(26)27)21(29)32-17)5-13(22)19(16)31-10-11-3-4-14(23)15(24)6-11/h3-8H,2,9-10H2,1H3,(H,26,27)/b17-8+. The molecule has 0 atom stereocenters. The number of imide groups is 1. The minimum atomic E-state index is -1.27. The van der Waals surface area contributed by atoms with Gasteiger partial charge >= 0.3 is 5.97 Å². The fraction of sp³-hybridized carbons (Fsp3) is 0.190. The van der Waals surface area contributed by atoms with Crippen LogP contribution >= 0.6 is 50.9 Å². The number of halogens is 3. The summed E-state index contributed by atoms with van der Waals surface area (Å²) in [6.45, 7) is 1.72. The maximum atomic E-state index is 12.4. The maximum Gasteiger partial charge on any atom is 0.323 e. The SMILES string of the molecule is CCOc1cc(/C=C2/SC(=O)N(CC(=O)O)C2=O)cc(Br)c1OCc1ccc(Cl)c(Cl)c1. The third-order valence-corrected chi connectivity index (χ3v) is 6.40. The summed E-state index contributed by atoms with van der Waals surface area (Å²) in [5.74, 6) is -1.04. The Morgan fingerprint density at radius 2 is 1.94 bits per heavy atom. The third kappa shape index (κ3) is 5.78. The van der Waals surface area contributed by atoms with Gasteiger partial charge in [-0.15, -0.1) is 0 Å². The Morgan fingerprint density at radius 1 is 1.19 bits per heavy atom. The van der Waals surface area contributed by atoms with Gasteiger partial charge in [0.1, 0.15) is 13.2 Å². The average Bonchev–Trinajstić information content (AvgIpc) is 2.97. The summed E-state index contributed by atoms with van der Waals surface area (Å²) in [6, 6.07) is 8.56. The molecule has 1 N–H and O–H groups in total. The van der Waals surface area contributed by atoms with E-state index >= 15 is 0 Å². The van der Waals surface area contributed by atoms with Crippen molar-refractivity contribution in [1.82, 2.24) is 4.90 Å². The van der Waals surface area contributed by atoms with Crippen LogP contribution in [0.2, 0.25) is 10.0 Å². The molecule has 0 bridgehead atoms. The third-order valence-electron chi connectivity index (χ3n) is 4.16. The first-order chi connectivity index (χ1) is 15.2. The zero-order chi connectivity index (χ0) is 23.4. The largest absolute Gasteiger partial charge is 0.490 e. The smallest absolute Gasteiger partial charge is 0.323 e. The molecule has 0 aromatic heterocycles. The topological polar surface area (TPSA) is 93.1 Å². The van der Waals surface area contributed by atoms with Gasteiger partial charge in [-0.2, -0.15) is 0 Å². The Bertz CT molecular complexity index is 1120. The summed E-state index contributed by atoms with van der Waals surface area (Å²) >= 11 is 16.1. The van der Waals surface area contributed by atoms with Crippen LogP contribution in [0.1, 0.15) is 18.1 Å². The van der Waals surface area contributed by atoms with E-state index in [9.17, 15) is 14.4 Å². The normalized spacial score (nSPS) is 14.9. The predicted molar refractivity (Wildman–Crippen MR) is 126 cm³/mol. The number of aliphatic carboxylic acids is 1. The summed E-state index contributed by atoms with van der Waals surface area (Å²) in [5.41, 5.74) is 1.38. The summed E-state index contributed by atoms with van der Waals surface area (Å²) in [7, 11) is 0. The lowest BCUT2D eigenvalue weighted by molar-refractivity contribution is -0.140. The van der Waals surface area contributed by atoms with Gasteiger partial charge in [-0.3, -0.25) is 19.3 Å². The number of benzene rings is 2. The van der Waals surface area contributed by atoms with Crippen LogP contribution in [0.25, 0.3) is 6.08 Å². The highest BCUT2D eigenvalue weighted by atomic mass is 79.9. The highest BCUT2D eigenvalue weighted by Crippen LogP contribution is 2.40. The lowest BCUT2D eigenvalue weighted by atomic mass is 10.1. The molecule has 7 nitrogen and oxygen atoms in total. The van der Waals surface area contributed by atoms with Gasteiger partial charge in [0.15, 0.2) is 11.5 Å². The predicted octanol–water partition coefficient (Wildman–Crippen LogP) is 5.85. The second kappa shape index (κ2) is 10.6. The van der Waals surface area contributed by atoms with Crippen LogP contribution < -0.4 is 9.47 Å². The Morgan fingerprint density at radius 3 is 2.59 bits per heavy atom. The minimum absolute atomic E-state index is 0.120. The van der Waals surface area contributed by atoms with Gasteiger partial charge < -0.3 is 14.6 Å². The van der Waals surface area contributed by atoms with Crippen LogP contribution in [0.4, 0.5) is 4.79 Å². The second-order valence-corrected chi connectivity index (χ2v) is 9.12. The highest BCUT2D eigenvalue weighted by molar-refractivity contribution is 9.10. The zero-order valence-corrected chi connectivity index (χ0v) is 20.5. The van der Waals surface area contributed by atoms with Crippen molar-refractivity contribution in [3.05, 3.63) is 60.9 Å². The van der Waals surface area contributed by atoms with E-state index < -0.39 is 23.7 Å². The highest BCUT2D eigenvalue weighted by Gasteiger charge is 2.36. The van der Waals surface area contributed by atoms with Crippen molar-refractivity contribution in [3.63, 3.8) is 0 Å². The number of rotatable bonds is 8. The molecular formula is C21H16BrCl2NO6S. The van der Waals surface area contributed by atoms with E-state index in [1.54, 1.807) is 30.3 Å².